The van der Waals surface area contributed by atoms with Crippen LogP contribution < -0.4 is 4.90 Å². The molecule has 17 heavy (non-hydrogen) atoms. The van der Waals surface area contributed by atoms with Gasteiger partial charge in [0.1, 0.15) is 5.82 Å². The van der Waals surface area contributed by atoms with Gasteiger partial charge in [-0.25, -0.2) is 4.98 Å². The zero-order valence-electron chi connectivity index (χ0n) is 10.3. The van der Waals surface area contributed by atoms with Gasteiger partial charge in [0, 0.05) is 18.8 Å². The predicted octanol–water partition coefficient (Wildman–Crippen LogP) is 2.08. The molecule has 0 saturated carbocycles. The van der Waals surface area contributed by atoms with Gasteiger partial charge in [-0.1, -0.05) is 6.07 Å². The molecule has 0 amide bonds. The van der Waals surface area contributed by atoms with Crippen LogP contribution >= 0.6 is 0 Å². The van der Waals surface area contributed by atoms with Crippen molar-refractivity contribution in [1.29, 1.82) is 0 Å². The lowest BCUT2D eigenvalue weighted by atomic mass is 9.92. The first-order valence-corrected chi connectivity index (χ1v) is 6.00. The molecule has 2 rings (SSSR count). The summed E-state index contributed by atoms with van der Waals surface area (Å²) in [4.78, 5) is 17.5. The van der Waals surface area contributed by atoms with Gasteiger partial charge in [-0.2, -0.15) is 0 Å². The summed E-state index contributed by atoms with van der Waals surface area (Å²) in [5, 5.41) is 9.02. The predicted molar refractivity (Wildman–Crippen MR) is 66.1 cm³/mol. The maximum absolute atomic E-state index is 11.0. The summed E-state index contributed by atoms with van der Waals surface area (Å²) >= 11 is 0. The minimum Gasteiger partial charge on any atom is -0.481 e. The quantitative estimate of drug-likeness (QED) is 0.851. The number of aromatic nitrogens is 1. The second-order valence-corrected chi connectivity index (χ2v) is 4.80. The van der Waals surface area contributed by atoms with Crippen molar-refractivity contribution in [3.8, 4) is 0 Å². The van der Waals surface area contributed by atoms with Crippen molar-refractivity contribution in [2.45, 2.75) is 32.7 Å². The first-order chi connectivity index (χ1) is 8.08. The largest absolute Gasteiger partial charge is 0.481 e. The van der Waals surface area contributed by atoms with Gasteiger partial charge in [0.2, 0.25) is 0 Å². The number of carboxylic acids is 1. The monoisotopic (exact) mass is 234 g/mol. The maximum atomic E-state index is 11.0. The Labute approximate surface area is 101 Å². The molecule has 4 heteroatoms. The maximum Gasteiger partial charge on any atom is 0.306 e. The van der Waals surface area contributed by atoms with Crippen molar-refractivity contribution < 1.29 is 9.90 Å². The second-order valence-electron chi connectivity index (χ2n) is 4.80. The number of nitrogens with zero attached hydrogens (tertiary/aromatic N) is 2. The molecule has 4 nitrogen and oxygen atoms in total. The summed E-state index contributed by atoms with van der Waals surface area (Å²) in [5.74, 6) is 0.0759. The third-order valence-corrected chi connectivity index (χ3v) is 3.42. The number of hydrogen-bond donors (Lipinski definition) is 1. The van der Waals surface area contributed by atoms with Crippen LogP contribution in [0.2, 0.25) is 0 Å². The first-order valence-electron chi connectivity index (χ1n) is 6.00. The molecule has 92 valence electrons. The average Bonchev–Trinajstić information content (AvgIpc) is 2.30. The molecule has 0 bridgehead atoms. The highest BCUT2D eigenvalue weighted by Gasteiger charge is 2.30. The summed E-state index contributed by atoms with van der Waals surface area (Å²) in [7, 11) is 0. The number of hydrogen-bond acceptors (Lipinski definition) is 3. The summed E-state index contributed by atoms with van der Waals surface area (Å²) < 4.78 is 0. The Kier molecular flexibility index (Phi) is 3.31. The summed E-state index contributed by atoms with van der Waals surface area (Å²) in [6, 6.07) is 4.28. The number of pyridine rings is 1. The summed E-state index contributed by atoms with van der Waals surface area (Å²) in [5.41, 5.74) is 1.14. The molecule has 1 saturated heterocycles. The molecule has 1 fully saturated rings. The number of carbonyl (C=O) groups is 1. The van der Waals surface area contributed by atoms with Crippen LogP contribution in [0.5, 0.6) is 0 Å². The van der Waals surface area contributed by atoms with Gasteiger partial charge in [-0.05, 0) is 38.3 Å². The van der Waals surface area contributed by atoms with Crippen LogP contribution in [0, 0.1) is 12.8 Å². The standard InChI is InChI=1S/C13H18N2O2/c1-9-3-4-12(14-8-9)15-6-5-11(13(16)17)7-10(15)2/h3-4,8,10-11H,5-7H2,1-2H3,(H,16,17). The number of aryl methyl sites for hydroxylation is 1. The van der Waals surface area contributed by atoms with E-state index in [1.54, 1.807) is 0 Å². The lowest BCUT2D eigenvalue weighted by molar-refractivity contribution is -0.142. The molecule has 0 radical (unpaired) electrons. The Balaban J connectivity index is 2.09. The zero-order chi connectivity index (χ0) is 12.4. The normalized spacial score (nSPS) is 24.7. The minimum absolute atomic E-state index is 0.202. The molecular formula is C13H18N2O2. The van der Waals surface area contributed by atoms with Crippen molar-refractivity contribution in [2.75, 3.05) is 11.4 Å². The Morgan fingerprint density at radius 3 is 2.82 bits per heavy atom. The Morgan fingerprint density at radius 2 is 2.29 bits per heavy atom. The fourth-order valence-corrected chi connectivity index (χ4v) is 2.37. The van der Waals surface area contributed by atoms with Crippen LogP contribution in [0.1, 0.15) is 25.3 Å². The van der Waals surface area contributed by atoms with Crippen LogP contribution in [-0.2, 0) is 4.79 Å². The van der Waals surface area contributed by atoms with Crippen LogP contribution in [0.3, 0.4) is 0 Å². The topological polar surface area (TPSA) is 53.4 Å². The van der Waals surface area contributed by atoms with Crippen LogP contribution in [-0.4, -0.2) is 28.6 Å². The van der Waals surface area contributed by atoms with Gasteiger partial charge in [0.05, 0.1) is 5.92 Å². The number of piperidine rings is 1. The van der Waals surface area contributed by atoms with Gasteiger partial charge in [-0.3, -0.25) is 4.79 Å². The zero-order valence-corrected chi connectivity index (χ0v) is 10.3. The smallest absolute Gasteiger partial charge is 0.306 e. The lowest BCUT2D eigenvalue weighted by Gasteiger charge is -2.37. The van der Waals surface area contributed by atoms with E-state index in [-0.39, 0.29) is 12.0 Å². The third-order valence-electron chi connectivity index (χ3n) is 3.42. The van der Waals surface area contributed by atoms with E-state index in [2.05, 4.69) is 16.8 Å². The van der Waals surface area contributed by atoms with E-state index in [1.807, 2.05) is 25.3 Å². The van der Waals surface area contributed by atoms with E-state index in [9.17, 15) is 4.79 Å². The van der Waals surface area contributed by atoms with Gasteiger partial charge < -0.3 is 10.0 Å². The molecule has 0 aromatic carbocycles. The van der Waals surface area contributed by atoms with Gasteiger partial charge in [-0.15, -0.1) is 0 Å². The second kappa shape index (κ2) is 4.73. The molecule has 2 heterocycles. The Bertz CT molecular complexity index is 402. The van der Waals surface area contributed by atoms with E-state index >= 15 is 0 Å². The lowest BCUT2D eigenvalue weighted by Crippen LogP contribution is -2.43. The van der Waals surface area contributed by atoms with Crippen molar-refractivity contribution in [1.82, 2.24) is 4.98 Å². The van der Waals surface area contributed by atoms with Crippen molar-refractivity contribution in [3.63, 3.8) is 0 Å². The highest BCUT2D eigenvalue weighted by molar-refractivity contribution is 5.70. The van der Waals surface area contributed by atoms with Crippen molar-refractivity contribution in [2.24, 2.45) is 5.92 Å². The van der Waals surface area contributed by atoms with Crippen molar-refractivity contribution >= 4 is 11.8 Å². The molecule has 1 aliphatic rings. The van der Waals surface area contributed by atoms with Crippen molar-refractivity contribution in [3.05, 3.63) is 23.9 Å². The van der Waals surface area contributed by atoms with E-state index in [4.69, 9.17) is 5.11 Å². The van der Waals surface area contributed by atoms with Crippen LogP contribution in [0.4, 0.5) is 5.82 Å². The number of rotatable bonds is 2. The Morgan fingerprint density at radius 1 is 1.53 bits per heavy atom. The number of anilines is 1. The molecule has 2 atom stereocenters. The minimum atomic E-state index is -0.673. The average molecular weight is 234 g/mol. The fraction of sp³-hybridized carbons (Fsp3) is 0.538. The SMILES string of the molecule is Cc1ccc(N2CCC(C(=O)O)CC2C)nc1. The summed E-state index contributed by atoms with van der Waals surface area (Å²) in [6.07, 6.45) is 3.26. The third kappa shape index (κ3) is 2.57. The van der Waals surface area contributed by atoms with Crippen LogP contribution in [0.15, 0.2) is 18.3 Å². The Hall–Kier alpha value is -1.58. The van der Waals surface area contributed by atoms with Crippen LogP contribution in [0.25, 0.3) is 0 Å². The van der Waals surface area contributed by atoms with Gasteiger partial charge >= 0.3 is 5.97 Å². The molecule has 1 N–H and O–H groups in total. The number of carboxylic acid groups (broad SMARTS) is 1. The molecule has 2 unspecified atom stereocenters. The van der Waals surface area contributed by atoms with E-state index < -0.39 is 5.97 Å². The van der Waals surface area contributed by atoms with E-state index in [1.165, 1.54) is 0 Å². The molecular weight excluding hydrogens is 216 g/mol. The molecule has 0 aliphatic carbocycles. The molecule has 1 aromatic heterocycles. The molecule has 1 aromatic rings. The molecule has 1 aliphatic heterocycles. The fourth-order valence-electron chi connectivity index (χ4n) is 2.37. The first kappa shape index (κ1) is 11.9. The molecule has 0 spiro atoms. The highest BCUT2D eigenvalue weighted by atomic mass is 16.4. The highest BCUT2D eigenvalue weighted by Crippen LogP contribution is 2.26. The van der Waals surface area contributed by atoms with Gasteiger partial charge in [0.25, 0.3) is 0 Å². The number of aliphatic carboxylic acids is 1. The summed E-state index contributed by atoms with van der Waals surface area (Å²) in [6.45, 7) is 4.85. The van der Waals surface area contributed by atoms with Gasteiger partial charge in [0.15, 0.2) is 0 Å². The van der Waals surface area contributed by atoms with E-state index in [0.717, 1.165) is 17.9 Å². The van der Waals surface area contributed by atoms with E-state index in [0.29, 0.717) is 12.8 Å².